The van der Waals surface area contributed by atoms with Crippen molar-refractivity contribution in [1.29, 1.82) is 0 Å². The van der Waals surface area contributed by atoms with E-state index in [0.29, 0.717) is 5.57 Å². The molecule has 5 nitrogen and oxygen atoms in total. The molecule has 2 aromatic rings. The van der Waals surface area contributed by atoms with Crippen molar-refractivity contribution in [1.82, 2.24) is 9.21 Å². The topological polar surface area (TPSA) is 63.7 Å². The maximum Gasteiger partial charge on any atom is 2.00 e. The second kappa shape index (κ2) is 10.5. The van der Waals surface area contributed by atoms with Crippen LogP contribution >= 0.6 is 0 Å². The third kappa shape index (κ3) is 5.64. The molecule has 0 atom stereocenters. The number of hydrogen-bond donors (Lipinski definition) is 0. The van der Waals surface area contributed by atoms with Gasteiger partial charge in [-0.25, -0.2) is 24.9 Å². The molecule has 0 unspecified atom stereocenters. The van der Waals surface area contributed by atoms with Gasteiger partial charge in [0.1, 0.15) is 10.7 Å². The van der Waals surface area contributed by atoms with E-state index in [0.717, 1.165) is 6.07 Å². The number of allylic oxidation sites excluding steroid dienone is 5. The van der Waals surface area contributed by atoms with Crippen LogP contribution in [0, 0.1) is 5.82 Å². The van der Waals surface area contributed by atoms with Crippen LogP contribution in [0.2, 0.25) is 0 Å². The minimum Gasteiger partial charge on any atom is -0.860 e. The van der Waals surface area contributed by atoms with E-state index in [-0.39, 0.29) is 54.0 Å². The van der Waals surface area contributed by atoms with Crippen LogP contribution in [0.15, 0.2) is 95.3 Å². The zero-order valence-electron chi connectivity index (χ0n) is 15.6. The molecule has 0 spiro atoms. The molecule has 4 rings (SSSR count). The zero-order valence-corrected chi connectivity index (χ0v) is 17.5. The predicted molar refractivity (Wildman–Crippen MR) is 104 cm³/mol. The molecule has 1 fully saturated rings. The van der Waals surface area contributed by atoms with Crippen LogP contribution in [-0.2, 0) is 27.1 Å². The average Bonchev–Trinajstić information content (AvgIpc) is 3.44. The molecule has 1 aliphatic heterocycles. The van der Waals surface area contributed by atoms with Crippen molar-refractivity contribution in [3.8, 4) is 0 Å². The minimum atomic E-state index is -3.88. The van der Waals surface area contributed by atoms with Crippen molar-refractivity contribution in [2.24, 2.45) is 0 Å². The van der Waals surface area contributed by atoms with Crippen molar-refractivity contribution in [2.45, 2.75) is 4.90 Å². The van der Waals surface area contributed by atoms with E-state index in [9.17, 15) is 17.9 Å². The van der Waals surface area contributed by atoms with E-state index in [1.54, 1.807) is 29.2 Å². The van der Waals surface area contributed by atoms with Crippen molar-refractivity contribution in [3.63, 3.8) is 0 Å². The maximum atomic E-state index is 13.8. The molecule has 1 aliphatic carbocycles. The quantitative estimate of drug-likeness (QED) is 0.404. The van der Waals surface area contributed by atoms with Crippen LogP contribution in [0.3, 0.4) is 0 Å². The second-order valence-electron chi connectivity index (χ2n) is 6.26. The SMILES string of the molecule is O=S(=O)(c1ccccc1F)N1CCN(C([O-])=C2C=CC=C2)CC1.[Fe+2].c1cc[cH-]c1. The summed E-state index contributed by atoms with van der Waals surface area (Å²) in [5.74, 6) is -0.874. The van der Waals surface area contributed by atoms with Crippen LogP contribution in [0.4, 0.5) is 4.39 Å². The van der Waals surface area contributed by atoms with Gasteiger partial charge in [-0.3, -0.25) is 0 Å². The Balaban J connectivity index is 0.000000437. The first-order chi connectivity index (χ1) is 13.5. The summed E-state index contributed by atoms with van der Waals surface area (Å²) in [5, 5.41) is 12.2. The predicted octanol–water partition coefficient (Wildman–Crippen LogP) is 2.23. The Kier molecular flexibility index (Phi) is 8.34. The largest absolute Gasteiger partial charge is 2.00 e. The Morgan fingerprint density at radius 3 is 2.07 bits per heavy atom. The van der Waals surface area contributed by atoms with Gasteiger partial charge in [-0.1, -0.05) is 36.4 Å². The van der Waals surface area contributed by atoms with Gasteiger partial charge in [0.05, 0.1) is 0 Å². The van der Waals surface area contributed by atoms with Gasteiger partial charge in [0.25, 0.3) is 0 Å². The third-order valence-electron chi connectivity index (χ3n) is 4.45. The number of rotatable bonds is 3. The fraction of sp³-hybridized carbons (Fsp3) is 0.190. The number of benzene rings is 1. The number of nitrogens with zero attached hydrogens (tertiary/aromatic N) is 2. The third-order valence-corrected chi connectivity index (χ3v) is 6.38. The van der Waals surface area contributed by atoms with Crippen LogP contribution in [0.25, 0.3) is 0 Å². The van der Waals surface area contributed by atoms with Crippen molar-refractivity contribution >= 4 is 10.0 Å². The van der Waals surface area contributed by atoms with Gasteiger partial charge in [-0.15, -0.1) is 0 Å². The Labute approximate surface area is 181 Å². The number of sulfonamides is 1. The summed E-state index contributed by atoms with van der Waals surface area (Å²) in [5.41, 5.74) is 0.593. The molecular formula is C21H21FFeN2O3S. The van der Waals surface area contributed by atoms with E-state index in [2.05, 4.69) is 0 Å². The van der Waals surface area contributed by atoms with Gasteiger partial charge >= 0.3 is 17.1 Å². The first kappa shape index (κ1) is 23.0. The van der Waals surface area contributed by atoms with Gasteiger partial charge < -0.3 is 10.0 Å². The maximum absolute atomic E-state index is 13.8. The van der Waals surface area contributed by atoms with Crippen molar-refractivity contribution < 1.29 is 35.0 Å². The van der Waals surface area contributed by atoms with Crippen molar-refractivity contribution in [3.05, 3.63) is 96.2 Å². The van der Waals surface area contributed by atoms with E-state index in [1.807, 2.05) is 30.3 Å². The van der Waals surface area contributed by atoms with E-state index < -0.39 is 15.8 Å². The molecule has 0 N–H and O–H groups in total. The van der Waals surface area contributed by atoms with Gasteiger partial charge in [0, 0.05) is 26.2 Å². The molecular weight excluding hydrogens is 435 g/mol. The van der Waals surface area contributed by atoms with Gasteiger partial charge in [-0.2, -0.15) is 22.5 Å². The summed E-state index contributed by atoms with van der Waals surface area (Å²) in [6.45, 7) is 0.891. The second-order valence-corrected chi connectivity index (χ2v) is 8.17. The summed E-state index contributed by atoms with van der Waals surface area (Å²) in [6, 6.07) is 15.3. The van der Waals surface area contributed by atoms with Crippen LogP contribution in [0.5, 0.6) is 0 Å². The van der Waals surface area contributed by atoms with E-state index in [4.69, 9.17) is 0 Å². The number of hydrogen-bond acceptors (Lipinski definition) is 4. The van der Waals surface area contributed by atoms with Gasteiger partial charge in [0.2, 0.25) is 10.0 Å². The number of halogens is 1. The van der Waals surface area contributed by atoms with Crippen LogP contribution in [-0.4, -0.2) is 43.8 Å². The molecule has 0 amide bonds. The zero-order chi connectivity index (χ0) is 20.0. The monoisotopic (exact) mass is 456 g/mol. The minimum absolute atomic E-state index is 0. The molecule has 8 heteroatoms. The Morgan fingerprint density at radius 1 is 0.966 bits per heavy atom. The van der Waals surface area contributed by atoms with Crippen LogP contribution in [0.1, 0.15) is 0 Å². The Morgan fingerprint density at radius 2 is 1.55 bits per heavy atom. The number of piperazine rings is 1. The van der Waals surface area contributed by atoms with Gasteiger partial charge in [-0.05, 0) is 23.6 Å². The molecule has 0 bridgehead atoms. The summed E-state index contributed by atoms with van der Waals surface area (Å²) >= 11 is 0. The van der Waals surface area contributed by atoms with Crippen LogP contribution < -0.4 is 5.11 Å². The smallest absolute Gasteiger partial charge is 0.860 e. The standard InChI is InChI=1S/C16H17FN2O3S.C5H5.Fe/c17-14-7-3-4-8-15(14)23(21,22)19-11-9-18(10-12-19)16(20)13-5-1-2-6-13;1-2-4-5-3-1;/h1-8,20H,9-12H2;1-5H;/q;-1;+2/p-1. The first-order valence-electron chi connectivity index (χ1n) is 8.92. The molecule has 154 valence electrons. The van der Waals surface area contributed by atoms with Crippen molar-refractivity contribution in [2.75, 3.05) is 26.2 Å². The van der Waals surface area contributed by atoms with Gasteiger partial charge in [0.15, 0.2) is 0 Å². The normalized spacial score (nSPS) is 16.2. The Bertz CT molecular complexity index is 946. The summed E-state index contributed by atoms with van der Waals surface area (Å²) < 4.78 is 40.0. The first-order valence-corrected chi connectivity index (χ1v) is 10.4. The summed E-state index contributed by atoms with van der Waals surface area (Å²) in [4.78, 5) is 1.29. The van der Waals surface area contributed by atoms with E-state index >= 15 is 0 Å². The average molecular weight is 456 g/mol. The summed E-state index contributed by atoms with van der Waals surface area (Å²) in [7, 11) is -3.88. The molecule has 2 aliphatic rings. The summed E-state index contributed by atoms with van der Waals surface area (Å²) in [6.07, 6.45) is 7.02. The molecule has 0 radical (unpaired) electrons. The molecule has 29 heavy (non-hydrogen) atoms. The Hall–Kier alpha value is -2.25. The molecule has 0 aromatic heterocycles. The molecule has 0 saturated carbocycles. The van der Waals surface area contributed by atoms with E-state index in [1.165, 1.54) is 22.5 Å². The molecule has 1 heterocycles. The molecule has 1 saturated heterocycles. The fourth-order valence-corrected chi connectivity index (χ4v) is 4.43. The fourth-order valence-electron chi connectivity index (χ4n) is 2.94. The molecule has 2 aromatic carbocycles.